The van der Waals surface area contributed by atoms with Crippen molar-refractivity contribution in [3.8, 4) is 0 Å². The number of thioether (sulfide) groups is 1. The van der Waals surface area contributed by atoms with Gasteiger partial charge in [-0.2, -0.15) is 11.8 Å². The third kappa shape index (κ3) is 6.03. The van der Waals surface area contributed by atoms with Crippen molar-refractivity contribution in [2.45, 2.75) is 39.2 Å². The number of rotatable bonds is 7. The van der Waals surface area contributed by atoms with Crippen LogP contribution >= 0.6 is 11.8 Å². The summed E-state index contributed by atoms with van der Waals surface area (Å²) in [5.74, 6) is 3.07. The Bertz CT molecular complexity index is 719. The lowest BCUT2D eigenvalue weighted by atomic mass is 10.0. The minimum Gasteiger partial charge on any atom is -0.370 e. The first-order valence-corrected chi connectivity index (χ1v) is 11.0. The van der Waals surface area contributed by atoms with Crippen molar-refractivity contribution in [2.24, 2.45) is 0 Å². The smallest absolute Gasteiger partial charge is 0.220 e. The molecule has 0 unspecified atom stereocenters. The summed E-state index contributed by atoms with van der Waals surface area (Å²) >= 11 is 2.02. The van der Waals surface area contributed by atoms with Crippen LogP contribution in [0.25, 0.3) is 0 Å². The normalized spacial score (nSPS) is 14.4. The van der Waals surface area contributed by atoms with E-state index in [1.807, 2.05) is 11.8 Å². The van der Waals surface area contributed by atoms with Gasteiger partial charge in [0.25, 0.3) is 0 Å². The summed E-state index contributed by atoms with van der Waals surface area (Å²) in [5.41, 5.74) is 5.00. The number of hydrogen-bond acceptors (Lipinski definition) is 3. The number of carbonyl (C=O) groups is 1. The van der Waals surface area contributed by atoms with Crippen LogP contribution in [0.3, 0.4) is 0 Å². The number of carbonyl (C=O) groups excluding carboxylic acids is 1. The third-order valence-corrected chi connectivity index (χ3v) is 6.03. The predicted molar refractivity (Wildman–Crippen MR) is 117 cm³/mol. The zero-order valence-corrected chi connectivity index (χ0v) is 17.2. The van der Waals surface area contributed by atoms with Crippen molar-refractivity contribution >= 4 is 23.4 Å². The fraction of sp³-hybridized carbons (Fsp3) is 0.435. The monoisotopic (exact) mass is 382 g/mol. The Hall–Kier alpha value is -1.94. The topological polar surface area (TPSA) is 32.3 Å². The quantitative estimate of drug-likeness (QED) is 0.759. The van der Waals surface area contributed by atoms with Gasteiger partial charge in [-0.3, -0.25) is 4.79 Å². The molecule has 0 aliphatic carbocycles. The molecule has 0 atom stereocenters. The summed E-state index contributed by atoms with van der Waals surface area (Å²) in [7, 11) is 0. The van der Waals surface area contributed by atoms with E-state index < -0.39 is 0 Å². The van der Waals surface area contributed by atoms with Gasteiger partial charge < -0.3 is 10.2 Å². The molecule has 2 aromatic carbocycles. The molecule has 3 rings (SSSR count). The van der Waals surface area contributed by atoms with Crippen molar-refractivity contribution in [3.05, 3.63) is 65.2 Å². The Morgan fingerprint density at radius 3 is 2.26 bits per heavy atom. The maximum atomic E-state index is 12.2. The molecule has 1 saturated heterocycles. The van der Waals surface area contributed by atoms with E-state index in [4.69, 9.17) is 0 Å². The highest BCUT2D eigenvalue weighted by atomic mass is 32.2. The summed E-state index contributed by atoms with van der Waals surface area (Å²) in [5, 5.41) is 3.04. The van der Waals surface area contributed by atoms with Gasteiger partial charge >= 0.3 is 0 Å². The Morgan fingerprint density at radius 1 is 1.00 bits per heavy atom. The molecule has 0 bridgehead atoms. The van der Waals surface area contributed by atoms with E-state index in [0.717, 1.165) is 25.1 Å². The molecule has 0 radical (unpaired) electrons. The van der Waals surface area contributed by atoms with E-state index in [1.54, 1.807) is 0 Å². The minimum atomic E-state index is 0.111. The lowest BCUT2D eigenvalue weighted by molar-refractivity contribution is -0.121. The molecule has 1 aliphatic heterocycles. The fourth-order valence-electron chi connectivity index (χ4n) is 3.26. The highest BCUT2D eigenvalue weighted by Gasteiger charge is 2.11. The molecule has 0 spiro atoms. The van der Waals surface area contributed by atoms with Gasteiger partial charge in [0.05, 0.1) is 0 Å². The van der Waals surface area contributed by atoms with Crippen LogP contribution in [0, 0.1) is 0 Å². The van der Waals surface area contributed by atoms with Crippen molar-refractivity contribution in [3.63, 3.8) is 0 Å². The summed E-state index contributed by atoms with van der Waals surface area (Å²) in [6.45, 7) is 7.24. The number of aryl methyl sites for hydroxylation is 1. The van der Waals surface area contributed by atoms with E-state index in [0.29, 0.717) is 18.9 Å². The average Bonchev–Trinajstić information content (AvgIpc) is 2.72. The van der Waals surface area contributed by atoms with Crippen molar-refractivity contribution in [1.82, 2.24) is 5.32 Å². The number of hydrogen-bond donors (Lipinski definition) is 1. The maximum absolute atomic E-state index is 12.2. The first kappa shape index (κ1) is 19.8. The molecular formula is C23H30N2OS. The van der Waals surface area contributed by atoms with Crippen LogP contribution in [0.1, 0.15) is 42.9 Å². The molecule has 1 heterocycles. The molecular weight excluding hydrogens is 352 g/mol. The standard InChI is InChI=1S/C23H30N2OS/c1-18(2)21-8-3-19(4-9-21)7-12-23(26)24-17-20-5-10-22(11-6-20)25-13-15-27-16-14-25/h3-6,8-11,18H,7,12-17H2,1-2H3,(H,24,26). The maximum Gasteiger partial charge on any atom is 0.220 e. The second-order valence-electron chi connectivity index (χ2n) is 7.44. The molecule has 3 nitrogen and oxygen atoms in total. The molecule has 2 aromatic rings. The largest absolute Gasteiger partial charge is 0.370 e. The van der Waals surface area contributed by atoms with Gasteiger partial charge in [-0.1, -0.05) is 50.2 Å². The highest BCUT2D eigenvalue weighted by Crippen LogP contribution is 2.20. The number of amides is 1. The molecule has 1 fully saturated rings. The van der Waals surface area contributed by atoms with Gasteiger partial charge in [0.1, 0.15) is 0 Å². The molecule has 1 amide bonds. The summed E-state index contributed by atoms with van der Waals surface area (Å²) in [6, 6.07) is 17.2. The highest BCUT2D eigenvalue weighted by molar-refractivity contribution is 7.99. The average molecular weight is 383 g/mol. The van der Waals surface area contributed by atoms with Crippen LogP contribution in [0.2, 0.25) is 0 Å². The van der Waals surface area contributed by atoms with E-state index >= 15 is 0 Å². The molecule has 1 aliphatic rings. The molecule has 144 valence electrons. The van der Waals surface area contributed by atoms with Crippen LogP contribution in [0.5, 0.6) is 0 Å². The zero-order valence-electron chi connectivity index (χ0n) is 16.4. The van der Waals surface area contributed by atoms with E-state index in [-0.39, 0.29) is 5.91 Å². The number of nitrogens with zero attached hydrogens (tertiary/aromatic N) is 1. The first-order valence-electron chi connectivity index (χ1n) is 9.89. The third-order valence-electron chi connectivity index (χ3n) is 5.09. The molecule has 4 heteroatoms. The van der Waals surface area contributed by atoms with Crippen molar-refractivity contribution in [1.29, 1.82) is 0 Å². The van der Waals surface area contributed by atoms with Crippen LogP contribution in [-0.2, 0) is 17.8 Å². The molecule has 27 heavy (non-hydrogen) atoms. The predicted octanol–water partition coefficient (Wildman–Crippen LogP) is 4.61. The van der Waals surface area contributed by atoms with Crippen LogP contribution in [0.15, 0.2) is 48.5 Å². The Morgan fingerprint density at radius 2 is 1.63 bits per heavy atom. The first-order chi connectivity index (χ1) is 13.1. The summed E-state index contributed by atoms with van der Waals surface area (Å²) in [4.78, 5) is 14.6. The van der Waals surface area contributed by atoms with Crippen LogP contribution < -0.4 is 10.2 Å². The van der Waals surface area contributed by atoms with Crippen molar-refractivity contribution in [2.75, 3.05) is 29.5 Å². The fourth-order valence-corrected chi connectivity index (χ4v) is 4.17. The SMILES string of the molecule is CC(C)c1ccc(CCC(=O)NCc2ccc(N3CCSCC3)cc2)cc1. The minimum absolute atomic E-state index is 0.111. The lowest BCUT2D eigenvalue weighted by Crippen LogP contribution is -2.32. The Balaban J connectivity index is 1.42. The number of anilines is 1. The summed E-state index contributed by atoms with van der Waals surface area (Å²) in [6.07, 6.45) is 1.32. The second kappa shape index (κ2) is 9.84. The van der Waals surface area contributed by atoms with Gasteiger partial charge in [0.15, 0.2) is 0 Å². The Labute approximate surface area is 167 Å². The van der Waals surface area contributed by atoms with Crippen LogP contribution in [-0.4, -0.2) is 30.5 Å². The zero-order chi connectivity index (χ0) is 19.1. The van der Waals surface area contributed by atoms with Gasteiger partial charge in [-0.15, -0.1) is 0 Å². The summed E-state index contributed by atoms with van der Waals surface area (Å²) < 4.78 is 0. The number of nitrogens with one attached hydrogen (secondary N) is 1. The van der Waals surface area contributed by atoms with E-state index in [1.165, 1.54) is 28.3 Å². The van der Waals surface area contributed by atoms with E-state index in [9.17, 15) is 4.79 Å². The van der Waals surface area contributed by atoms with Crippen molar-refractivity contribution < 1.29 is 4.79 Å². The van der Waals surface area contributed by atoms with Gasteiger partial charge in [0, 0.05) is 43.2 Å². The molecule has 0 aromatic heterocycles. The van der Waals surface area contributed by atoms with Gasteiger partial charge in [-0.05, 0) is 41.2 Å². The van der Waals surface area contributed by atoms with E-state index in [2.05, 4.69) is 72.6 Å². The number of benzene rings is 2. The molecule has 1 N–H and O–H groups in total. The second-order valence-corrected chi connectivity index (χ2v) is 8.66. The molecule has 0 saturated carbocycles. The Kier molecular flexibility index (Phi) is 7.22. The van der Waals surface area contributed by atoms with Gasteiger partial charge in [0.2, 0.25) is 5.91 Å². The lowest BCUT2D eigenvalue weighted by Gasteiger charge is -2.28. The van der Waals surface area contributed by atoms with Gasteiger partial charge in [-0.25, -0.2) is 0 Å². The van der Waals surface area contributed by atoms with Crippen LogP contribution in [0.4, 0.5) is 5.69 Å².